The van der Waals surface area contributed by atoms with Crippen LogP contribution in [0.5, 0.6) is 0 Å². The fourth-order valence-electron chi connectivity index (χ4n) is 4.42. The molecule has 4 rings (SSSR count). The summed E-state index contributed by atoms with van der Waals surface area (Å²) in [5.74, 6) is 0. The summed E-state index contributed by atoms with van der Waals surface area (Å²) in [4.78, 5) is 2.61. The Labute approximate surface area is 170 Å². The Kier molecular flexibility index (Phi) is 6.57. The fourth-order valence-corrected chi connectivity index (χ4v) is 4.42. The Balaban J connectivity index is 1.56. The first kappa shape index (κ1) is 19.0. The minimum atomic E-state index is 1.07. The first-order valence-corrected chi connectivity index (χ1v) is 10.8. The molecule has 2 aromatic rings. The van der Waals surface area contributed by atoms with Crippen LogP contribution in [0.4, 0.5) is 0 Å². The summed E-state index contributed by atoms with van der Waals surface area (Å²) >= 11 is 0. The summed E-state index contributed by atoms with van der Waals surface area (Å²) < 4.78 is 0. The van der Waals surface area contributed by atoms with Crippen LogP contribution in [0.15, 0.2) is 90.0 Å². The molecule has 1 saturated heterocycles. The highest BCUT2D eigenvalue weighted by Gasteiger charge is 2.20. The maximum Gasteiger partial charge on any atom is 0.0233 e. The molecule has 1 aliphatic heterocycles. The maximum atomic E-state index is 2.61. The molecule has 0 amide bonds. The summed E-state index contributed by atoms with van der Waals surface area (Å²) in [7, 11) is 0. The van der Waals surface area contributed by atoms with E-state index in [1.165, 1.54) is 54.4 Å². The van der Waals surface area contributed by atoms with Crippen molar-refractivity contribution in [3.05, 3.63) is 101 Å². The van der Waals surface area contributed by atoms with Crippen molar-refractivity contribution < 1.29 is 0 Å². The molecule has 28 heavy (non-hydrogen) atoms. The van der Waals surface area contributed by atoms with Gasteiger partial charge in [0.2, 0.25) is 0 Å². The molecule has 0 radical (unpaired) electrons. The molecule has 1 fully saturated rings. The minimum absolute atomic E-state index is 1.07. The van der Waals surface area contributed by atoms with Gasteiger partial charge in [-0.05, 0) is 60.8 Å². The number of nitrogens with zero attached hydrogens (tertiary/aromatic N) is 1. The number of piperidine rings is 1. The third kappa shape index (κ3) is 4.91. The van der Waals surface area contributed by atoms with Gasteiger partial charge in [-0.3, -0.25) is 4.90 Å². The third-order valence-corrected chi connectivity index (χ3v) is 5.92. The molecular weight excluding hydrogens is 338 g/mol. The van der Waals surface area contributed by atoms with Crippen LogP contribution in [0.1, 0.15) is 49.7 Å². The van der Waals surface area contributed by atoms with Gasteiger partial charge in [-0.25, -0.2) is 0 Å². The molecule has 1 heterocycles. The standard InChI is InChI=1S/C27H31N/c1-2-8-14-24(15-9-3-1)27(25-16-10-5-11-17-25)26-18-20-28(21-19-26)22-23-12-6-4-7-13-23/h2,4-8,10-13,15-17H,1,3,9,14,18-22H2/b8-2-,24-15+. The SMILES string of the molecule is C1=C\C/C(C(=C2CCN(Cc3ccccc3)CC2)c2ccccc2)=C\CCC/1. The van der Waals surface area contributed by atoms with E-state index in [0.29, 0.717) is 0 Å². The lowest BCUT2D eigenvalue weighted by Crippen LogP contribution is -2.30. The lowest BCUT2D eigenvalue weighted by molar-refractivity contribution is 0.248. The quantitative estimate of drug-likeness (QED) is 0.536. The molecule has 1 aliphatic carbocycles. The molecule has 2 aromatic carbocycles. The van der Waals surface area contributed by atoms with Gasteiger partial charge in [0.1, 0.15) is 0 Å². The Morgan fingerprint density at radius 1 is 0.786 bits per heavy atom. The Morgan fingerprint density at radius 3 is 2.25 bits per heavy atom. The Bertz CT molecular complexity index is 832. The number of rotatable bonds is 4. The molecule has 2 aliphatic rings. The second kappa shape index (κ2) is 9.71. The first-order chi connectivity index (χ1) is 13.9. The highest BCUT2D eigenvalue weighted by molar-refractivity contribution is 5.82. The largest absolute Gasteiger partial charge is 0.298 e. The summed E-state index contributed by atoms with van der Waals surface area (Å²) in [6, 6.07) is 22.0. The van der Waals surface area contributed by atoms with E-state index in [0.717, 1.165) is 26.1 Å². The minimum Gasteiger partial charge on any atom is -0.298 e. The first-order valence-electron chi connectivity index (χ1n) is 10.8. The highest BCUT2D eigenvalue weighted by Crippen LogP contribution is 2.35. The molecule has 0 saturated carbocycles. The third-order valence-electron chi connectivity index (χ3n) is 5.92. The molecule has 1 heteroatoms. The summed E-state index contributed by atoms with van der Waals surface area (Å²) in [6.07, 6.45) is 14.4. The van der Waals surface area contributed by atoms with Crippen molar-refractivity contribution in [2.45, 2.75) is 45.1 Å². The fraction of sp³-hybridized carbons (Fsp3) is 0.333. The molecule has 0 bridgehead atoms. The molecule has 0 spiro atoms. The summed E-state index contributed by atoms with van der Waals surface area (Å²) in [6.45, 7) is 3.38. The van der Waals surface area contributed by atoms with Crippen molar-refractivity contribution in [3.63, 3.8) is 0 Å². The van der Waals surface area contributed by atoms with Crippen LogP contribution in [0.3, 0.4) is 0 Å². The molecule has 1 nitrogen and oxygen atoms in total. The van der Waals surface area contributed by atoms with Crippen molar-refractivity contribution in [1.29, 1.82) is 0 Å². The van der Waals surface area contributed by atoms with Crippen molar-refractivity contribution in [3.8, 4) is 0 Å². The van der Waals surface area contributed by atoms with Gasteiger partial charge in [0.25, 0.3) is 0 Å². The van der Waals surface area contributed by atoms with E-state index in [1.54, 1.807) is 5.57 Å². The lowest BCUT2D eigenvalue weighted by Gasteiger charge is -2.31. The van der Waals surface area contributed by atoms with Crippen LogP contribution < -0.4 is 0 Å². The predicted octanol–water partition coefficient (Wildman–Crippen LogP) is 6.79. The number of benzene rings is 2. The van der Waals surface area contributed by atoms with Gasteiger partial charge in [0.15, 0.2) is 0 Å². The van der Waals surface area contributed by atoms with E-state index in [9.17, 15) is 0 Å². The molecule has 0 N–H and O–H groups in total. The van der Waals surface area contributed by atoms with E-state index in [2.05, 4.69) is 83.8 Å². The molecule has 0 atom stereocenters. The Hall–Kier alpha value is -2.38. The number of hydrogen-bond donors (Lipinski definition) is 0. The zero-order chi connectivity index (χ0) is 19.0. The summed E-state index contributed by atoms with van der Waals surface area (Å²) in [5.41, 5.74) is 7.54. The average Bonchev–Trinajstić information content (AvgIpc) is 2.72. The van der Waals surface area contributed by atoms with Gasteiger partial charge in [0, 0.05) is 19.6 Å². The average molecular weight is 370 g/mol. The van der Waals surface area contributed by atoms with Crippen molar-refractivity contribution >= 4 is 5.57 Å². The van der Waals surface area contributed by atoms with E-state index in [4.69, 9.17) is 0 Å². The van der Waals surface area contributed by atoms with E-state index < -0.39 is 0 Å². The smallest absolute Gasteiger partial charge is 0.0233 e. The topological polar surface area (TPSA) is 3.24 Å². The van der Waals surface area contributed by atoms with Gasteiger partial charge in [-0.15, -0.1) is 0 Å². The van der Waals surface area contributed by atoms with Crippen LogP contribution >= 0.6 is 0 Å². The van der Waals surface area contributed by atoms with E-state index in [1.807, 2.05) is 0 Å². The van der Waals surface area contributed by atoms with Gasteiger partial charge in [0.05, 0.1) is 0 Å². The predicted molar refractivity (Wildman–Crippen MR) is 120 cm³/mol. The molecule has 0 unspecified atom stereocenters. The van der Waals surface area contributed by atoms with Crippen LogP contribution in [0.25, 0.3) is 5.57 Å². The zero-order valence-corrected chi connectivity index (χ0v) is 16.8. The molecular formula is C27H31N. The monoisotopic (exact) mass is 369 g/mol. The van der Waals surface area contributed by atoms with Gasteiger partial charge in [-0.2, -0.15) is 0 Å². The van der Waals surface area contributed by atoms with E-state index >= 15 is 0 Å². The zero-order valence-electron chi connectivity index (χ0n) is 16.8. The van der Waals surface area contributed by atoms with Crippen LogP contribution in [0, 0.1) is 0 Å². The number of likely N-dealkylation sites (tertiary alicyclic amines) is 1. The van der Waals surface area contributed by atoms with Crippen LogP contribution in [-0.2, 0) is 6.54 Å². The van der Waals surface area contributed by atoms with Crippen LogP contribution in [0.2, 0.25) is 0 Å². The van der Waals surface area contributed by atoms with Gasteiger partial charge in [-0.1, -0.05) is 84.5 Å². The van der Waals surface area contributed by atoms with Crippen molar-refractivity contribution in [2.75, 3.05) is 13.1 Å². The van der Waals surface area contributed by atoms with Crippen molar-refractivity contribution in [2.24, 2.45) is 0 Å². The van der Waals surface area contributed by atoms with Gasteiger partial charge >= 0.3 is 0 Å². The second-order valence-electron chi connectivity index (χ2n) is 7.94. The summed E-state index contributed by atoms with van der Waals surface area (Å²) in [5, 5.41) is 0. The van der Waals surface area contributed by atoms with Crippen molar-refractivity contribution in [1.82, 2.24) is 4.90 Å². The second-order valence-corrected chi connectivity index (χ2v) is 7.94. The van der Waals surface area contributed by atoms with Crippen LogP contribution in [-0.4, -0.2) is 18.0 Å². The lowest BCUT2D eigenvalue weighted by atomic mass is 9.85. The Morgan fingerprint density at radius 2 is 1.50 bits per heavy atom. The van der Waals surface area contributed by atoms with E-state index in [-0.39, 0.29) is 0 Å². The maximum absolute atomic E-state index is 2.61. The normalized spacial score (nSPS) is 21.3. The molecule has 144 valence electrons. The highest BCUT2D eigenvalue weighted by atomic mass is 15.1. The number of allylic oxidation sites excluding steroid dienone is 5. The molecule has 0 aromatic heterocycles. The van der Waals surface area contributed by atoms with Gasteiger partial charge < -0.3 is 0 Å². The number of hydrogen-bond acceptors (Lipinski definition) is 1.